The highest BCUT2D eigenvalue weighted by Crippen LogP contribution is 2.13. The second kappa shape index (κ2) is 6.45. The van der Waals surface area contributed by atoms with Crippen molar-refractivity contribution in [2.45, 2.75) is 32.2 Å². The summed E-state index contributed by atoms with van der Waals surface area (Å²) in [5, 5.41) is 0.834. The Hall–Kier alpha value is -1.28. The van der Waals surface area contributed by atoms with Crippen LogP contribution in [0.4, 0.5) is 0 Å². The van der Waals surface area contributed by atoms with Gasteiger partial charge in [-0.2, -0.15) is 0 Å². The van der Waals surface area contributed by atoms with Gasteiger partial charge in [0.15, 0.2) is 0 Å². The Morgan fingerprint density at radius 1 is 1.18 bits per heavy atom. The molecule has 0 aliphatic carbocycles. The molecular formula is C14H17ClN2. The number of hydrogen-bond acceptors (Lipinski definition) is 1. The molecule has 2 nitrogen and oxygen atoms in total. The van der Waals surface area contributed by atoms with Gasteiger partial charge in [0, 0.05) is 24.0 Å². The summed E-state index contributed by atoms with van der Waals surface area (Å²) in [6.07, 6.45) is 10.5. The van der Waals surface area contributed by atoms with Crippen LogP contribution in [-0.4, -0.2) is 9.55 Å². The van der Waals surface area contributed by atoms with E-state index < -0.39 is 0 Å². The molecule has 0 aliphatic rings. The van der Waals surface area contributed by atoms with Crippen LogP contribution in [0.2, 0.25) is 5.02 Å². The van der Waals surface area contributed by atoms with Crippen LogP contribution in [0.1, 0.15) is 24.8 Å². The van der Waals surface area contributed by atoms with Crippen molar-refractivity contribution in [2.75, 3.05) is 0 Å². The molecular weight excluding hydrogens is 232 g/mol. The van der Waals surface area contributed by atoms with Crippen LogP contribution in [-0.2, 0) is 13.0 Å². The molecule has 0 radical (unpaired) electrons. The fourth-order valence-corrected chi connectivity index (χ4v) is 2.12. The number of benzene rings is 1. The predicted octanol–water partition coefficient (Wildman–Crippen LogP) is 3.95. The lowest BCUT2D eigenvalue weighted by molar-refractivity contribution is 0.587. The smallest absolute Gasteiger partial charge is 0.0945 e. The van der Waals surface area contributed by atoms with E-state index in [0.717, 1.165) is 18.0 Å². The minimum Gasteiger partial charge on any atom is -0.337 e. The zero-order valence-corrected chi connectivity index (χ0v) is 10.6. The van der Waals surface area contributed by atoms with Crippen molar-refractivity contribution in [3.05, 3.63) is 53.6 Å². The third-order valence-electron chi connectivity index (χ3n) is 2.83. The fourth-order valence-electron chi connectivity index (χ4n) is 1.91. The van der Waals surface area contributed by atoms with Crippen LogP contribution in [0.25, 0.3) is 0 Å². The van der Waals surface area contributed by atoms with E-state index in [9.17, 15) is 0 Å². The van der Waals surface area contributed by atoms with Crippen molar-refractivity contribution in [3.8, 4) is 0 Å². The molecule has 0 atom stereocenters. The van der Waals surface area contributed by atoms with Crippen LogP contribution in [0, 0.1) is 0 Å². The maximum Gasteiger partial charge on any atom is 0.0945 e. The highest BCUT2D eigenvalue weighted by Gasteiger charge is 1.95. The van der Waals surface area contributed by atoms with Gasteiger partial charge < -0.3 is 4.57 Å². The first kappa shape index (κ1) is 12.2. The number of rotatable bonds is 6. The summed E-state index contributed by atoms with van der Waals surface area (Å²) in [4.78, 5) is 4.03. The maximum atomic E-state index is 5.94. The lowest BCUT2D eigenvalue weighted by atomic mass is 10.1. The molecule has 2 rings (SSSR count). The average Bonchev–Trinajstić information content (AvgIpc) is 2.82. The molecule has 0 fully saturated rings. The van der Waals surface area contributed by atoms with E-state index in [1.165, 1.54) is 24.8 Å². The first-order valence-corrected chi connectivity index (χ1v) is 6.42. The van der Waals surface area contributed by atoms with Gasteiger partial charge in [0.05, 0.1) is 6.33 Å². The monoisotopic (exact) mass is 248 g/mol. The summed E-state index contributed by atoms with van der Waals surface area (Å²) in [5.41, 5.74) is 1.33. The molecule has 90 valence electrons. The number of aryl methyl sites for hydroxylation is 2. The molecule has 0 aliphatic heterocycles. The summed E-state index contributed by atoms with van der Waals surface area (Å²) in [6.45, 7) is 1.07. The molecule has 0 amide bonds. The van der Waals surface area contributed by atoms with Gasteiger partial charge in [-0.15, -0.1) is 0 Å². The third-order valence-corrected chi connectivity index (χ3v) is 3.07. The summed E-state index contributed by atoms with van der Waals surface area (Å²) < 4.78 is 2.12. The van der Waals surface area contributed by atoms with Gasteiger partial charge in [-0.05, 0) is 37.0 Å². The van der Waals surface area contributed by atoms with E-state index in [2.05, 4.69) is 21.7 Å². The van der Waals surface area contributed by atoms with Gasteiger partial charge in [0.1, 0.15) is 0 Å². The molecule has 1 aromatic heterocycles. The van der Waals surface area contributed by atoms with Crippen LogP contribution in [0.15, 0.2) is 43.0 Å². The van der Waals surface area contributed by atoms with E-state index in [4.69, 9.17) is 11.6 Å². The van der Waals surface area contributed by atoms with Gasteiger partial charge in [0.25, 0.3) is 0 Å². The minimum atomic E-state index is 0.834. The van der Waals surface area contributed by atoms with E-state index in [0.29, 0.717) is 0 Å². The Labute approximate surface area is 107 Å². The molecule has 0 unspecified atom stereocenters. The molecule has 1 aromatic carbocycles. The average molecular weight is 249 g/mol. The fraction of sp³-hybridized carbons (Fsp3) is 0.357. The molecule has 1 heterocycles. The Balaban J connectivity index is 1.63. The topological polar surface area (TPSA) is 17.8 Å². The van der Waals surface area contributed by atoms with E-state index in [1.807, 2.05) is 30.9 Å². The third kappa shape index (κ3) is 4.23. The normalized spacial score (nSPS) is 10.6. The Morgan fingerprint density at radius 2 is 2.12 bits per heavy atom. The molecule has 3 heteroatoms. The van der Waals surface area contributed by atoms with Crippen LogP contribution in [0.5, 0.6) is 0 Å². The quantitative estimate of drug-likeness (QED) is 0.708. The van der Waals surface area contributed by atoms with Crippen molar-refractivity contribution < 1.29 is 0 Å². The molecule has 17 heavy (non-hydrogen) atoms. The standard InChI is InChI=1S/C14H17ClN2/c15-14-7-4-6-13(11-14)5-2-1-3-9-17-10-8-16-12-17/h4,6-8,10-12H,1-3,5,9H2. The predicted molar refractivity (Wildman–Crippen MR) is 71.2 cm³/mol. The summed E-state index contributed by atoms with van der Waals surface area (Å²) in [7, 11) is 0. The van der Waals surface area contributed by atoms with Crippen LogP contribution in [0.3, 0.4) is 0 Å². The highest BCUT2D eigenvalue weighted by atomic mass is 35.5. The Morgan fingerprint density at radius 3 is 2.88 bits per heavy atom. The zero-order chi connectivity index (χ0) is 11.9. The van der Waals surface area contributed by atoms with E-state index >= 15 is 0 Å². The van der Waals surface area contributed by atoms with Crippen molar-refractivity contribution >= 4 is 11.6 Å². The van der Waals surface area contributed by atoms with Crippen LogP contribution >= 0.6 is 11.6 Å². The maximum absolute atomic E-state index is 5.94. The van der Waals surface area contributed by atoms with Crippen LogP contribution < -0.4 is 0 Å². The Bertz CT molecular complexity index is 437. The van der Waals surface area contributed by atoms with Gasteiger partial charge in [-0.1, -0.05) is 30.2 Å². The summed E-state index contributed by atoms with van der Waals surface area (Å²) in [6, 6.07) is 8.13. The molecule has 0 spiro atoms. The first-order chi connectivity index (χ1) is 8.34. The van der Waals surface area contributed by atoms with Crippen molar-refractivity contribution in [1.29, 1.82) is 0 Å². The van der Waals surface area contributed by atoms with Gasteiger partial charge in [-0.3, -0.25) is 0 Å². The number of aromatic nitrogens is 2. The second-order valence-electron chi connectivity index (χ2n) is 4.24. The minimum absolute atomic E-state index is 0.834. The van der Waals surface area contributed by atoms with E-state index in [-0.39, 0.29) is 0 Å². The number of nitrogens with zero attached hydrogens (tertiary/aromatic N) is 2. The highest BCUT2D eigenvalue weighted by molar-refractivity contribution is 6.30. The number of hydrogen-bond donors (Lipinski definition) is 0. The van der Waals surface area contributed by atoms with Crippen molar-refractivity contribution in [2.24, 2.45) is 0 Å². The van der Waals surface area contributed by atoms with E-state index in [1.54, 1.807) is 0 Å². The van der Waals surface area contributed by atoms with Gasteiger partial charge >= 0.3 is 0 Å². The summed E-state index contributed by atoms with van der Waals surface area (Å²) in [5.74, 6) is 0. The molecule has 0 saturated carbocycles. The SMILES string of the molecule is Clc1cccc(CCCCCn2ccnc2)c1. The zero-order valence-electron chi connectivity index (χ0n) is 9.85. The Kier molecular flexibility index (Phi) is 4.63. The lowest BCUT2D eigenvalue weighted by Gasteiger charge is -2.03. The number of unbranched alkanes of at least 4 members (excludes halogenated alkanes) is 2. The number of imidazole rings is 1. The molecule has 0 N–H and O–H groups in total. The number of halogens is 1. The molecule has 2 aromatic rings. The first-order valence-electron chi connectivity index (χ1n) is 6.05. The largest absolute Gasteiger partial charge is 0.337 e. The molecule has 0 bridgehead atoms. The summed E-state index contributed by atoms with van der Waals surface area (Å²) >= 11 is 5.94. The van der Waals surface area contributed by atoms with Gasteiger partial charge in [-0.25, -0.2) is 4.98 Å². The van der Waals surface area contributed by atoms with Gasteiger partial charge in [0.2, 0.25) is 0 Å². The molecule has 0 saturated heterocycles. The van der Waals surface area contributed by atoms with Crippen molar-refractivity contribution in [3.63, 3.8) is 0 Å². The van der Waals surface area contributed by atoms with Crippen molar-refractivity contribution in [1.82, 2.24) is 9.55 Å². The second-order valence-corrected chi connectivity index (χ2v) is 4.68. The lowest BCUT2D eigenvalue weighted by Crippen LogP contribution is -1.94.